The minimum absolute atomic E-state index is 0.125. The number of rotatable bonds is 5. The lowest BCUT2D eigenvalue weighted by atomic mass is 9.89. The number of anilines is 1. The molecule has 0 aliphatic carbocycles. The zero-order chi connectivity index (χ0) is 22.2. The first-order valence-corrected chi connectivity index (χ1v) is 9.77. The van der Waals surface area contributed by atoms with Gasteiger partial charge in [-0.1, -0.05) is 6.92 Å². The van der Waals surface area contributed by atoms with Gasteiger partial charge in [0.25, 0.3) is 5.91 Å². The van der Waals surface area contributed by atoms with Gasteiger partial charge >= 0.3 is 6.03 Å². The molecule has 1 aromatic rings. The zero-order valence-corrected chi connectivity index (χ0v) is 17.4. The number of hydrogen-bond acceptors (Lipinski definition) is 5. The van der Waals surface area contributed by atoms with E-state index in [4.69, 9.17) is 4.74 Å². The Hall–Kier alpha value is -2.91. The SMILES string of the molecule is COc1cc(N2CCN(C(=O)[C@@H](C)C[C@@]3(C)NC(=O)NC3=O)C[C@@H]2C)cc(F)c1F. The summed E-state index contributed by atoms with van der Waals surface area (Å²) in [5, 5.41) is 4.76. The third-order valence-corrected chi connectivity index (χ3v) is 5.72. The van der Waals surface area contributed by atoms with Gasteiger partial charge in [-0.15, -0.1) is 0 Å². The zero-order valence-electron chi connectivity index (χ0n) is 17.4. The topological polar surface area (TPSA) is 91.0 Å². The van der Waals surface area contributed by atoms with Gasteiger partial charge in [0.2, 0.25) is 11.7 Å². The van der Waals surface area contributed by atoms with E-state index >= 15 is 0 Å². The number of piperazine rings is 1. The smallest absolute Gasteiger partial charge is 0.322 e. The van der Waals surface area contributed by atoms with Crippen molar-refractivity contribution in [3.05, 3.63) is 23.8 Å². The highest BCUT2D eigenvalue weighted by Crippen LogP contribution is 2.30. The van der Waals surface area contributed by atoms with Crippen LogP contribution in [0.4, 0.5) is 19.3 Å². The van der Waals surface area contributed by atoms with Crippen molar-refractivity contribution in [2.75, 3.05) is 31.6 Å². The predicted molar refractivity (Wildman–Crippen MR) is 105 cm³/mol. The van der Waals surface area contributed by atoms with Crippen LogP contribution in [0.1, 0.15) is 27.2 Å². The van der Waals surface area contributed by atoms with Crippen molar-refractivity contribution in [1.82, 2.24) is 15.5 Å². The highest BCUT2D eigenvalue weighted by molar-refractivity contribution is 6.07. The number of urea groups is 1. The Labute approximate surface area is 173 Å². The largest absolute Gasteiger partial charge is 0.493 e. The van der Waals surface area contributed by atoms with Gasteiger partial charge in [-0.25, -0.2) is 9.18 Å². The third-order valence-electron chi connectivity index (χ3n) is 5.72. The van der Waals surface area contributed by atoms with E-state index in [1.165, 1.54) is 13.2 Å². The van der Waals surface area contributed by atoms with Crippen LogP contribution < -0.4 is 20.3 Å². The van der Waals surface area contributed by atoms with Gasteiger partial charge in [0.1, 0.15) is 5.54 Å². The van der Waals surface area contributed by atoms with E-state index < -0.39 is 35.0 Å². The summed E-state index contributed by atoms with van der Waals surface area (Å²) in [7, 11) is 1.27. The number of carbonyl (C=O) groups is 3. The molecule has 4 amide bonds. The number of hydrogen-bond donors (Lipinski definition) is 2. The summed E-state index contributed by atoms with van der Waals surface area (Å²) in [5.74, 6) is -3.25. The third kappa shape index (κ3) is 4.03. The molecule has 3 atom stereocenters. The molecule has 10 heteroatoms. The average Bonchev–Trinajstić information content (AvgIpc) is 2.94. The van der Waals surface area contributed by atoms with Gasteiger partial charge in [-0.2, -0.15) is 4.39 Å². The van der Waals surface area contributed by atoms with Gasteiger partial charge < -0.3 is 19.9 Å². The number of amides is 4. The van der Waals surface area contributed by atoms with Crippen LogP contribution in [0.5, 0.6) is 5.75 Å². The minimum Gasteiger partial charge on any atom is -0.493 e. The number of carbonyl (C=O) groups excluding carboxylic acids is 3. The monoisotopic (exact) mass is 424 g/mol. The molecular formula is C20H26F2N4O4. The maximum atomic E-state index is 13.9. The lowest BCUT2D eigenvalue weighted by molar-refractivity contribution is -0.137. The molecule has 0 radical (unpaired) electrons. The van der Waals surface area contributed by atoms with E-state index in [9.17, 15) is 23.2 Å². The molecule has 2 heterocycles. The molecule has 2 N–H and O–H groups in total. The summed E-state index contributed by atoms with van der Waals surface area (Å²) in [6.07, 6.45) is 0.179. The van der Waals surface area contributed by atoms with Gasteiger partial charge in [-0.05, 0) is 20.3 Å². The summed E-state index contributed by atoms with van der Waals surface area (Å²) in [4.78, 5) is 40.0. The fraction of sp³-hybridized carbons (Fsp3) is 0.550. The Morgan fingerprint density at radius 1 is 1.33 bits per heavy atom. The van der Waals surface area contributed by atoms with E-state index in [2.05, 4.69) is 10.6 Å². The quantitative estimate of drug-likeness (QED) is 0.702. The van der Waals surface area contributed by atoms with Crippen LogP contribution in [-0.2, 0) is 9.59 Å². The van der Waals surface area contributed by atoms with Crippen molar-refractivity contribution in [1.29, 1.82) is 0 Å². The van der Waals surface area contributed by atoms with Crippen LogP contribution in [0.3, 0.4) is 0 Å². The van der Waals surface area contributed by atoms with Crippen LogP contribution in [-0.4, -0.2) is 61.1 Å². The molecule has 8 nitrogen and oxygen atoms in total. The maximum Gasteiger partial charge on any atom is 0.322 e. The number of benzene rings is 1. The second-order valence-corrected chi connectivity index (χ2v) is 8.12. The Morgan fingerprint density at radius 3 is 2.60 bits per heavy atom. The maximum absolute atomic E-state index is 13.9. The van der Waals surface area contributed by atoms with E-state index in [1.807, 2.05) is 11.8 Å². The Balaban J connectivity index is 1.66. The van der Waals surface area contributed by atoms with E-state index in [0.717, 1.165) is 6.07 Å². The molecule has 164 valence electrons. The van der Waals surface area contributed by atoms with Crippen molar-refractivity contribution in [3.8, 4) is 5.75 Å². The standard InChI is InChI=1S/C20H26F2N4O4/c1-11(9-20(3)18(28)23-19(29)24-20)17(27)25-5-6-26(12(2)10-25)13-7-14(21)16(22)15(8-13)30-4/h7-8,11-12H,5-6,9-10H2,1-4H3,(H2,23,24,28,29)/t11-,12-,20+/m0/s1. The number of nitrogens with zero attached hydrogens (tertiary/aromatic N) is 2. The minimum atomic E-state index is -1.12. The first kappa shape index (κ1) is 21.8. The van der Waals surface area contributed by atoms with Crippen LogP contribution in [0.2, 0.25) is 0 Å². The van der Waals surface area contributed by atoms with Crippen LogP contribution in [0, 0.1) is 17.6 Å². The number of imide groups is 1. The molecule has 2 saturated heterocycles. The molecule has 0 aromatic heterocycles. The highest BCUT2D eigenvalue weighted by Gasteiger charge is 2.44. The fourth-order valence-corrected chi connectivity index (χ4v) is 4.14. The molecule has 0 saturated carbocycles. The molecule has 1 aromatic carbocycles. The number of ether oxygens (including phenoxy) is 1. The van der Waals surface area contributed by atoms with Crippen molar-refractivity contribution < 1.29 is 27.9 Å². The van der Waals surface area contributed by atoms with Crippen LogP contribution >= 0.6 is 0 Å². The Morgan fingerprint density at radius 2 is 2.03 bits per heavy atom. The molecule has 3 rings (SSSR count). The van der Waals surface area contributed by atoms with E-state index in [1.54, 1.807) is 18.7 Å². The second-order valence-electron chi connectivity index (χ2n) is 8.12. The van der Waals surface area contributed by atoms with Crippen molar-refractivity contribution in [3.63, 3.8) is 0 Å². The molecule has 2 aliphatic rings. The lowest BCUT2D eigenvalue weighted by Gasteiger charge is -2.42. The van der Waals surface area contributed by atoms with Crippen LogP contribution in [0.25, 0.3) is 0 Å². The molecular weight excluding hydrogens is 398 g/mol. The lowest BCUT2D eigenvalue weighted by Crippen LogP contribution is -2.55. The van der Waals surface area contributed by atoms with Crippen molar-refractivity contribution in [2.24, 2.45) is 5.92 Å². The summed E-state index contributed by atoms with van der Waals surface area (Å²) in [5.41, 5.74) is -0.641. The van der Waals surface area contributed by atoms with Crippen molar-refractivity contribution in [2.45, 2.75) is 38.8 Å². The molecule has 0 unspecified atom stereocenters. The van der Waals surface area contributed by atoms with Gasteiger partial charge in [0, 0.05) is 49.4 Å². The van der Waals surface area contributed by atoms with Gasteiger partial charge in [0.05, 0.1) is 7.11 Å². The van der Waals surface area contributed by atoms with E-state index in [-0.39, 0.29) is 24.1 Å². The second kappa shape index (κ2) is 8.08. The Kier molecular flexibility index (Phi) is 5.87. The molecule has 0 spiro atoms. The first-order valence-electron chi connectivity index (χ1n) is 9.77. The number of nitrogens with one attached hydrogen (secondary N) is 2. The number of halogens is 2. The Bertz CT molecular complexity index is 881. The van der Waals surface area contributed by atoms with Gasteiger partial charge in [-0.3, -0.25) is 14.9 Å². The number of methoxy groups -OCH3 is 1. The summed E-state index contributed by atoms with van der Waals surface area (Å²) < 4.78 is 32.5. The van der Waals surface area contributed by atoms with Crippen molar-refractivity contribution >= 4 is 23.5 Å². The predicted octanol–water partition coefficient (Wildman–Crippen LogP) is 1.63. The molecule has 2 fully saturated rings. The van der Waals surface area contributed by atoms with Gasteiger partial charge in [0.15, 0.2) is 11.6 Å². The highest BCUT2D eigenvalue weighted by atomic mass is 19.2. The molecule has 2 aliphatic heterocycles. The normalized spacial score (nSPS) is 25.1. The van der Waals surface area contributed by atoms with Crippen LogP contribution in [0.15, 0.2) is 12.1 Å². The fourth-order valence-electron chi connectivity index (χ4n) is 4.14. The first-order chi connectivity index (χ1) is 14.1. The average molecular weight is 424 g/mol. The molecule has 0 bridgehead atoms. The summed E-state index contributed by atoms with van der Waals surface area (Å²) in [6.45, 7) is 6.42. The molecule has 30 heavy (non-hydrogen) atoms. The summed E-state index contributed by atoms with van der Waals surface area (Å²) in [6, 6.07) is 1.86. The van der Waals surface area contributed by atoms with E-state index in [0.29, 0.717) is 25.3 Å². The summed E-state index contributed by atoms with van der Waals surface area (Å²) >= 11 is 0.